The van der Waals surface area contributed by atoms with Gasteiger partial charge in [0.15, 0.2) is 0 Å². The molecule has 1 aliphatic heterocycles. The molecule has 2 aliphatic rings. The van der Waals surface area contributed by atoms with E-state index in [0.717, 1.165) is 17.7 Å². The molecule has 0 radical (unpaired) electrons. The van der Waals surface area contributed by atoms with E-state index >= 15 is 0 Å². The van der Waals surface area contributed by atoms with Gasteiger partial charge >= 0.3 is 0 Å². The molecular weight excluding hydrogens is 387 g/mol. The van der Waals surface area contributed by atoms with Gasteiger partial charge in [-0.3, -0.25) is 14.5 Å². The first kappa shape index (κ1) is 20.0. The van der Waals surface area contributed by atoms with E-state index in [1.807, 2.05) is 24.3 Å². The van der Waals surface area contributed by atoms with Crippen LogP contribution >= 0.6 is 11.8 Å². The molecule has 2 aromatic carbocycles. The van der Waals surface area contributed by atoms with Gasteiger partial charge in [0.1, 0.15) is 11.2 Å². The van der Waals surface area contributed by atoms with Gasteiger partial charge in [0.2, 0.25) is 11.8 Å². The van der Waals surface area contributed by atoms with E-state index in [4.69, 9.17) is 0 Å². The van der Waals surface area contributed by atoms with Gasteiger partial charge in [0, 0.05) is 17.8 Å². The molecule has 4 rings (SSSR count). The third-order valence-electron chi connectivity index (χ3n) is 5.66. The van der Waals surface area contributed by atoms with Crippen molar-refractivity contribution < 1.29 is 14.0 Å². The summed E-state index contributed by atoms with van der Waals surface area (Å²) in [4.78, 5) is 26.4. The first-order valence-electron chi connectivity index (χ1n) is 10.2. The summed E-state index contributed by atoms with van der Waals surface area (Å²) >= 11 is 1.51. The number of carbonyl (C=O) groups is 2. The van der Waals surface area contributed by atoms with E-state index in [2.05, 4.69) is 5.32 Å². The highest BCUT2D eigenvalue weighted by molar-refractivity contribution is 8.00. The highest BCUT2D eigenvalue weighted by atomic mass is 32.2. The summed E-state index contributed by atoms with van der Waals surface area (Å²) in [7, 11) is 0. The van der Waals surface area contributed by atoms with Crippen LogP contribution in [0.25, 0.3) is 0 Å². The van der Waals surface area contributed by atoms with E-state index in [9.17, 15) is 14.0 Å². The number of thioether (sulfide) groups is 1. The molecule has 1 heterocycles. The maximum absolute atomic E-state index is 13.7. The topological polar surface area (TPSA) is 49.4 Å². The largest absolute Gasteiger partial charge is 0.326 e. The highest BCUT2D eigenvalue weighted by Gasteiger charge is 2.34. The molecule has 0 bridgehead atoms. The number of benzene rings is 2. The quantitative estimate of drug-likeness (QED) is 0.680. The maximum atomic E-state index is 13.7. The Balaban J connectivity index is 1.45. The Kier molecular flexibility index (Phi) is 6.19. The molecular formula is C23H25FN2O2S. The second-order valence-electron chi connectivity index (χ2n) is 7.77. The van der Waals surface area contributed by atoms with Crippen molar-refractivity contribution in [1.29, 1.82) is 0 Å². The predicted molar refractivity (Wildman–Crippen MR) is 115 cm³/mol. The van der Waals surface area contributed by atoms with Crippen LogP contribution in [0.3, 0.4) is 0 Å². The third kappa shape index (κ3) is 4.81. The summed E-state index contributed by atoms with van der Waals surface area (Å²) in [5.41, 5.74) is 2.20. The third-order valence-corrected chi connectivity index (χ3v) is 6.88. The molecule has 2 amide bonds. The fraction of sp³-hybridized carbons (Fsp3) is 0.391. The number of amides is 2. The van der Waals surface area contributed by atoms with Crippen LogP contribution in [0.5, 0.6) is 0 Å². The van der Waals surface area contributed by atoms with Crippen molar-refractivity contribution in [1.82, 2.24) is 0 Å². The Morgan fingerprint density at radius 2 is 1.93 bits per heavy atom. The van der Waals surface area contributed by atoms with Crippen molar-refractivity contribution >= 4 is 35.0 Å². The Morgan fingerprint density at radius 1 is 1.14 bits per heavy atom. The van der Waals surface area contributed by atoms with Crippen molar-refractivity contribution in [2.75, 3.05) is 16.0 Å². The van der Waals surface area contributed by atoms with E-state index in [1.54, 1.807) is 17.0 Å². The molecule has 2 fully saturated rings. The normalized spacial score (nSPS) is 19.7. The minimum Gasteiger partial charge on any atom is -0.326 e. The van der Waals surface area contributed by atoms with Gasteiger partial charge in [-0.2, -0.15) is 0 Å². The predicted octanol–water partition coefficient (Wildman–Crippen LogP) is 5.51. The van der Waals surface area contributed by atoms with Crippen molar-refractivity contribution in [2.24, 2.45) is 5.92 Å². The fourth-order valence-electron chi connectivity index (χ4n) is 4.20. The molecule has 1 N–H and O–H groups in total. The summed E-state index contributed by atoms with van der Waals surface area (Å²) in [6.45, 7) is 0. The molecule has 1 saturated heterocycles. The van der Waals surface area contributed by atoms with E-state index in [1.165, 1.54) is 49.6 Å². The number of anilines is 2. The average Bonchev–Trinajstić information content (AvgIpc) is 3.36. The number of carbonyl (C=O) groups excluding carboxylic acids is 2. The van der Waals surface area contributed by atoms with Crippen LogP contribution in [-0.2, 0) is 9.59 Å². The smallest absolute Gasteiger partial charge is 0.238 e. The Bertz CT molecular complexity index is 898. The maximum Gasteiger partial charge on any atom is 0.238 e. The summed E-state index contributed by atoms with van der Waals surface area (Å²) in [6, 6.07) is 13.7. The minimum absolute atomic E-state index is 0.0335. The van der Waals surface area contributed by atoms with E-state index in [-0.39, 0.29) is 23.0 Å². The minimum atomic E-state index is -0.366. The first-order chi connectivity index (χ1) is 14.1. The molecule has 1 atom stereocenters. The van der Waals surface area contributed by atoms with Crippen molar-refractivity contribution in [3.8, 4) is 0 Å². The van der Waals surface area contributed by atoms with Gasteiger partial charge in [-0.05, 0) is 48.2 Å². The summed E-state index contributed by atoms with van der Waals surface area (Å²) < 4.78 is 13.7. The molecule has 1 saturated carbocycles. The zero-order valence-corrected chi connectivity index (χ0v) is 17.1. The Labute approximate surface area is 174 Å². The lowest BCUT2D eigenvalue weighted by atomic mass is 10.0. The molecule has 0 unspecified atom stereocenters. The zero-order chi connectivity index (χ0) is 20.2. The van der Waals surface area contributed by atoms with E-state index < -0.39 is 0 Å². The van der Waals surface area contributed by atoms with Crippen molar-refractivity contribution in [3.05, 3.63) is 59.9 Å². The number of hydrogen-bond donors (Lipinski definition) is 1. The summed E-state index contributed by atoms with van der Waals surface area (Å²) in [6.07, 6.45) is 6.55. The summed E-state index contributed by atoms with van der Waals surface area (Å²) in [5.74, 6) is 0.656. The number of halogens is 1. The van der Waals surface area contributed by atoms with Crippen molar-refractivity contribution in [2.45, 2.75) is 43.9 Å². The first-order valence-corrected chi connectivity index (χ1v) is 11.2. The SMILES string of the molecule is O=C(CCC1CCCC1)Nc1cccc([C@H]2SCC(=O)N2c2cccc(F)c2)c1. The molecule has 6 heteroatoms. The van der Waals surface area contributed by atoms with Gasteiger partial charge in [0.25, 0.3) is 0 Å². The van der Waals surface area contributed by atoms with Crippen LogP contribution in [0.1, 0.15) is 49.5 Å². The Morgan fingerprint density at radius 3 is 2.72 bits per heavy atom. The van der Waals surface area contributed by atoms with Gasteiger partial charge in [0.05, 0.1) is 5.75 Å². The molecule has 0 aromatic heterocycles. The van der Waals surface area contributed by atoms with Crippen molar-refractivity contribution in [3.63, 3.8) is 0 Å². The molecule has 29 heavy (non-hydrogen) atoms. The average molecular weight is 413 g/mol. The standard InChI is InChI=1S/C23H25FN2O2S/c24-18-8-4-10-20(14-18)26-22(28)15-29-23(26)17-7-3-9-19(13-17)25-21(27)12-11-16-5-1-2-6-16/h3-4,7-10,13-14,16,23H,1-2,5-6,11-12,15H2,(H,25,27)/t23-/m1/s1. The highest BCUT2D eigenvalue weighted by Crippen LogP contribution is 2.42. The van der Waals surface area contributed by atoms with Crippen LogP contribution in [0.15, 0.2) is 48.5 Å². The lowest BCUT2D eigenvalue weighted by Gasteiger charge is -2.24. The monoisotopic (exact) mass is 412 g/mol. The number of nitrogens with one attached hydrogen (secondary N) is 1. The van der Waals surface area contributed by atoms with Crippen LogP contribution < -0.4 is 10.2 Å². The lowest BCUT2D eigenvalue weighted by Crippen LogP contribution is -2.27. The molecule has 152 valence electrons. The number of nitrogens with zero attached hydrogens (tertiary/aromatic N) is 1. The molecule has 2 aromatic rings. The summed E-state index contributed by atoms with van der Waals surface area (Å²) in [5, 5.41) is 2.76. The lowest BCUT2D eigenvalue weighted by molar-refractivity contribution is -0.117. The van der Waals surface area contributed by atoms with E-state index in [0.29, 0.717) is 23.8 Å². The van der Waals surface area contributed by atoms with Gasteiger partial charge < -0.3 is 5.32 Å². The van der Waals surface area contributed by atoms with Gasteiger partial charge in [-0.15, -0.1) is 11.8 Å². The fourth-order valence-corrected chi connectivity index (χ4v) is 5.37. The van der Waals surface area contributed by atoms with Gasteiger partial charge in [-0.1, -0.05) is 43.9 Å². The number of rotatable bonds is 6. The van der Waals surface area contributed by atoms with Crippen LogP contribution in [0.4, 0.5) is 15.8 Å². The zero-order valence-electron chi connectivity index (χ0n) is 16.3. The van der Waals surface area contributed by atoms with Crippen LogP contribution in [-0.4, -0.2) is 17.6 Å². The molecule has 4 nitrogen and oxygen atoms in total. The van der Waals surface area contributed by atoms with Crippen LogP contribution in [0, 0.1) is 11.7 Å². The van der Waals surface area contributed by atoms with Crippen LogP contribution in [0.2, 0.25) is 0 Å². The Hall–Kier alpha value is -2.34. The van der Waals surface area contributed by atoms with Gasteiger partial charge in [-0.25, -0.2) is 4.39 Å². The second kappa shape index (κ2) is 8.99. The molecule has 1 aliphatic carbocycles. The molecule has 0 spiro atoms. The number of hydrogen-bond acceptors (Lipinski definition) is 3. The second-order valence-corrected chi connectivity index (χ2v) is 8.84.